The van der Waals surface area contributed by atoms with Gasteiger partial charge in [0, 0.05) is 5.69 Å². The molecule has 2 aromatic heterocycles. The Hall–Kier alpha value is -1.40. The lowest BCUT2D eigenvalue weighted by Crippen LogP contribution is -2.12. The number of hydrogen-bond donors (Lipinski definition) is 1. The topological polar surface area (TPSA) is 59.1 Å². The van der Waals surface area contributed by atoms with Crippen LogP contribution in [0.25, 0.3) is 0 Å². The van der Waals surface area contributed by atoms with Crippen molar-refractivity contribution >= 4 is 27.2 Å². The predicted octanol–water partition coefficient (Wildman–Crippen LogP) is 2.51. The lowest BCUT2D eigenvalue weighted by atomic mass is 10.3. The predicted molar refractivity (Wildman–Crippen MR) is 68.7 cm³/mol. The van der Waals surface area contributed by atoms with E-state index in [1.807, 2.05) is 13.0 Å². The first-order valence-corrected chi connectivity index (χ1v) is 7.50. The number of rotatable bonds is 4. The molecule has 17 heavy (non-hydrogen) atoms. The standard InChI is InChI=1S/C11H12N2O2S2/c1-2-9-5-3-6-10(12-9)13-17(14,15)11-7-4-8-16-11/h3-8H,2H2,1H3,(H,12,13). The van der Waals surface area contributed by atoms with Crippen molar-refractivity contribution < 1.29 is 8.42 Å². The number of aromatic nitrogens is 1. The van der Waals surface area contributed by atoms with Gasteiger partial charge in [-0.1, -0.05) is 19.1 Å². The molecule has 0 fully saturated rings. The second-order valence-electron chi connectivity index (χ2n) is 3.41. The fraction of sp³-hybridized carbons (Fsp3) is 0.182. The van der Waals surface area contributed by atoms with Crippen molar-refractivity contribution in [3.05, 3.63) is 41.4 Å². The summed E-state index contributed by atoms with van der Waals surface area (Å²) in [6.45, 7) is 1.97. The Balaban J connectivity index is 2.26. The molecule has 0 saturated carbocycles. The summed E-state index contributed by atoms with van der Waals surface area (Å²) in [6.07, 6.45) is 0.772. The van der Waals surface area contributed by atoms with Crippen molar-refractivity contribution in [1.29, 1.82) is 0 Å². The van der Waals surface area contributed by atoms with Gasteiger partial charge in [-0.2, -0.15) is 0 Å². The summed E-state index contributed by atoms with van der Waals surface area (Å²) in [6, 6.07) is 8.57. The van der Waals surface area contributed by atoms with E-state index in [-0.39, 0.29) is 0 Å². The van der Waals surface area contributed by atoms with Gasteiger partial charge < -0.3 is 0 Å². The third kappa shape index (κ3) is 2.83. The van der Waals surface area contributed by atoms with Gasteiger partial charge >= 0.3 is 0 Å². The van der Waals surface area contributed by atoms with Crippen LogP contribution in [0.4, 0.5) is 5.82 Å². The summed E-state index contributed by atoms with van der Waals surface area (Å²) in [5, 5.41) is 1.73. The lowest BCUT2D eigenvalue weighted by molar-refractivity contribution is 0.603. The highest BCUT2D eigenvalue weighted by Crippen LogP contribution is 2.19. The molecule has 0 unspecified atom stereocenters. The monoisotopic (exact) mass is 268 g/mol. The normalized spacial score (nSPS) is 11.4. The molecule has 2 aromatic rings. The quantitative estimate of drug-likeness (QED) is 0.927. The van der Waals surface area contributed by atoms with Crippen LogP contribution in [0.15, 0.2) is 39.9 Å². The van der Waals surface area contributed by atoms with Crippen LogP contribution in [0.1, 0.15) is 12.6 Å². The second-order valence-corrected chi connectivity index (χ2v) is 6.26. The van der Waals surface area contributed by atoms with Crippen LogP contribution < -0.4 is 4.72 Å². The molecule has 2 rings (SSSR count). The molecule has 0 bridgehead atoms. The molecule has 0 aliphatic carbocycles. The Morgan fingerprint density at radius 1 is 1.29 bits per heavy atom. The number of hydrogen-bond acceptors (Lipinski definition) is 4. The smallest absolute Gasteiger partial charge is 0.263 e. The van der Waals surface area contributed by atoms with Gasteiger partial charge in [0.25, 0.3) is 10.0 Å². The first-order valence-electron chi connectivity index (χ1n) is 5.14. The van der Waals surface area contributed by atoms with E-state index >= 15 is 0 Å². The van der Waals surface area contributed by atoms with Gasteiger partial charge in [0.1, 0.15) is 10.0 Å². The Kier molecular flexibility index (Phi) is 3.44. The highest BCUT2D eigenvalue weighted by Gasteiger charge is 2.15. The van der Waals surface area contributed by atoms with Gasteiger partial charge in [-0.15, -0.1) is 11.3 Å². The fourth-order valence-corrected chi connectivity index (χ4v) is 3.33. The average molecular weight is 268 g/mol. The van der Waals surface area contributed by atoms with Crippen LogP contribution in [-0.2, 0) is 16.4 Å². The Morgan fingerprint density at radius 3 is 2.76 bits per heavy atom. The van der Waals surface area contributed by atoms with Gasteiger partial charge in [-0.25, -0.2) is 13.4 Å². The fourth-order valence-electron chi connectivity index (χ4n) is 1.34. The summed E-state index contributed by atoms with van der Waals surface area (Å²) in [4.78, 5) is 4.20. The summed E-state index contributed by atoms with van der Waals surface area (Å²) >= 11 is 1.18. The zero-order valence-electron chi connectivity index (χ0n) is 9.25. The number of sulfonamides is 1. The molecule has 0 aliphatic rings. The molecule has 6 heteroatoms. The van der Waals surface area contributed by atoms with Crippen molar-refractivity contribution in [3.8, 4) is 0 Å². The van der Waals surface area contributed by atoms with Crippen LogP contribution in [0, 0.1) is 0 Å². The number of aryl methyl sites for hydroxylation is 1. The zero-order chi connectivity index (χ0) is 12.3. The summed E-state index contributed by atoms with van der Waals surface area (Å²) in [7, 11) is -3.49. The van der Waals surface area contributed by atoms with Crippen LogP contribution in [0.3, 0.4) is 0 Å². The van der Waals surface area contributed by atoms with Crippen LogP contribution in [0.5, 0.6) is 0 Å². The number of thiophene rings is 1. The minimum absolute atomic E-state index is 0.293. The largest absolute Gasteiger partial charge is 0.272 e. The number of anilines is 1. The molecule has 0 spiro atoms. The van der Waals surface area contributed by atoms with Crippen molar-refractivity contribution in [2.24, 2.45) is 0 Å². The molecular formula is C11H12N2O2S2. The van der Waals surface area contributed by atoms with E-state index in [9.17, 15) is 8.42 Å². The van der Waals surface area contributed by atoms with E-state index in [0.717, 1.165) is 12.1 Å². The zero-order valence-corrected chi connectivity index (χ0v) is 10.9. The SMILES string of the molecule is CCc1cccc(NS(=O)(=O)c2cccs2)n1. The highest BCUT2D eigenvalue weighted by atomic mass is 32.2. The summed E-state index contributed by atoms with van der Waals surface area (Å²) < 4.78 is 26.6. The highest BCUT2D eigenvalue weighted by molar-refractivity contribution is 7.94. The molecule has 0 saturated heterocycles. The number of nitrogens with one attached hydrogen (secondary N) is 1. The van der Waals surface area contributed by atoms with Gasteiger partial charge in [0.15, 0.2) is 0 Å². The molecule has 4 nitrogen and oxygen atoms in total. The van der Waals surface area contributed by atoms with Crippen molar-refractivity contribution in [2.45, 2.75) is 17.6 Å². The molecule has 1 N–H and O–H groups in total. The van der Waals surface area contributed by atoms with Crippen molar-refractivity contribution in [2.75, 3.05) is 4.72 Å². The van der Waals surface area contributed by atoms with Crippen LogP contribution in [-0.4, -0.2) is 13.4 Å². The third-order valence-corrected chi connectivity index (χ3v) is 4.92. The minimum Gasteiger partial charge on any atom is -0.263 e. The number of pyridine rings is 1. The van der Waals surface area contributed by atoms with Crippen LogP contribution in [0.2, 0.25) is 0 Å². The molecule has 0 amide bonds. The Morgan fingerprint density at radius 2 is 2.12 bits per heavy atom. The summed E-state index contributed by atoms with van der Waals surface area (Å²) in [5.74, 6) is 0.359. The molecular weight excluding hydrogens is 256 g/mol. The Labute approximate surface area is 104 Å². The minimum atomic E-state index is -3.49. The van der Waals surface area contributed by atoms with E-state index < -0.39 is 10.0 Å². The molecule has 90 valence electrons. The van der Waals surface area contributed by atoms with E-state index in [1.54, 1.807) is 29.6 Å². The van der Waals surface area contributed by atoms with Crippen molar-refractivity contribution in [3.63, 3.8) is 0 Å². The molecule has 0 aromatic carbocycles. The summed E-state index contributed by atoms with van der Waals surface area (Å²) in [5.41, 5.74) is 0.858. The number of nitrogens with zero attached hydrogens (tertiary/aromatic N) is 1. The first-order chi connectivity index (χ1) is 8.12. The second kappa shape index (κ2) is 4.85. The maximum atomic E-state index is 11.9. The molecule has 0 aliphatic heterocycles. The van der Waals surface area contributed by atoms with Gasteiger partial charge in [-0.3, -0.25) is 4.72 Å². The molecule has 2 heterocycles. The van der Waals surface area contributed by atoms with Gasteiger partial charge in [-0.05, 0) is 30.0 Å². The maximum Gasteiger partial charge on any atom is 0.272 e. The first kappa shape index (κ1) is 12.1. The van der Waals surface area contributed by atoms with Crippen LogP contribution >= 0.6 is 11.3 Å². The van der Waals surface area contributed by atoms with Gasteiger partial charge in [0.05, 0.1) is 0 Å². The third-order valence-electron chi connectivity index (χ3n) is 2.17. The lowest BCUT2D eigenvalue weighted by Gasteiger charge is -2.06. The van der Waals surface area contributed by atoms with E-state index in [0.29, 0.717) is 10.0 Å². The Bertz CT molecular complexity index is 592. The maximum absolute atomic E-state index is 11.9. The van der Waals surface area contributed by atoms with E-state index in [2.05, 4.69) is 9.71 Å². The average Bonchev–Trinajstić information content (AvgIpc) is 2.83. The van der Waals surface area contributed by atoms with E-state index in [4.69, 9.17) is 0 Å². The van der Waals surface area contributed by atoms with E-state index in [1.165, 1.54) is 11.3 Å². The molecule has 0 atom stereocenters. The van der Waals surface area contributed by atoms with Crippen molar-refractivity contribution in [1.82, 2.24) is 4.98 Å². The van der Waals surface area contributed by atoms with Gasteiger partial charge in [0.2, 0.25) is 0 Å². The molecule has 0 radical (unpaired) electrons.